The van der Waals surface area contributed by atoms with Gasteiger partial charge in [-0.1, -0.05) is 12.1 Å². The maximum Gasteiger partial charge on any atom is 0.137 e. The molecule has 0 aliphatic carbocycles. The number of fused-ring (bicyclic) bond motifs is 1. The first-order valence-corrected chi connectivity index (χ1v) is 9.05. The van der Waals surface area contributed by atoms with Crippen LogP contribution in [0, 0.1) is 5.82 Å². The maximum absolute atomic E-state index is 13.9. The van der Waals surface area contributed by atoms with Gasteiger partial charge in [0, 0.05) is 23.0 Å². The summed E-state index contributed by atoms with van der Waals surface area (Å²) in [6.45, 7) is 6.88. The number of benzene rings is 1. The molecule has 0 radical (unpaired) electrons. The van der Waals surface area contributed by atoms with Crippen LogP contribution < -0.4 is 5.32 Å². The Morgan fingerprint density at radius 3 is 2.71 bits per heavy atom. The summed E-state index contributed by atoms with van der Waals surface area (Å²) in [5.41, 5.74) is 1.16. The van der Waals surface area contributed by atoms with Crippen molar-refractivity contribution in [1.29, 1.82) is 0 Å². The molecule has 1 atom stereocenters. The molecule has 1 aromatic rings. The zero-order valence-corrected chi connectivity index (χ0v) is 13.8. The number of halogens is 1. The average Bonchev–Trinajstić information content (AvgIpc) is 2.49. The second kappa shape index (κ2) is 6.67. The van der Waals surface area contributed by atoms with E-state index in [1.807, 2.05) is 6.07 Å². The van der Waals surface area contributed by atoms with Crippen molar-refractivity contribution in [2.45, 2.75) is 56.1 Å². The summed E-state index contributed by atoms with van der Waals surface area (Å²) in [5.74, 6) is 0.954. The van der Waals surface area contributed by atoms with Gasteiger partial charge in [-0.15, -0.1) is 11.8 Å². The van der Waals surface area contributed by atoms with Gasteiger partial charge < -0.3 is 10.2 Å². The van der Waals surface area contributed by atoms with Gasteiger partial charge in [0.05, 0.1) is 0 Å². The van der Waals surface area contributed by atoms with Gasteiger partial charge in [-0.25, -0.2) is 4.39 Å². The number of nitrogens with one attached hydrogen (secondary N) is 1. The molecule has 21 heavy (non-hydrogen) atoms. The first-order valence-electron chi connectivity index (χ1n) is 8.06. The van der Waals surface area contributed by atoms with Gasteiger partial charge in [0.2, 0.25) is 0 Å². The van der Waals surface area contributed by atoms with Crippen molar-refractivity contribution in [1.82, 2.24) is 10.2 Å². The quantitative estimate of drug-likeness (QED) is 0.914. The summed E-state index contributed by atoms with van der Waals surface area (Å²) in [6, 6.07) is 7.06. The molecule has 1 fully saturated rings. The summed E-state index contributed by atoms with van der Waals surface area (Å²) in [4.78, 5) is 3.41. The molecule has 0 aromatic heterocycles. The number of hydrogen-bond donors (Lipinski definition) is 1. The van der Waals surface area contributed by atoms with Crippen LogP contribution in [-0.2, 0) is 0 Å². The van der Waals surface area contributed by atoms with Gasteiger partial charge in [0.25, 0.3) is 0 Å². The third-order valence-corrected chi connectivity index (χ3v) is 5.88. The molecule has 3 rings (SSSR count). The fourth-order valence-electron chi connectivity index (χ4n) is 3.43. The Balaban J connectivity index is 1.64. The van der Waals surface area contributed by atoms with Gasteiger partial charge >= 0.3 is 0 Å². The summed E-state index contributed by atoms with van der Waals surface area (Å²) in [7, 11) is 0. The van der Waals surface area contributed by atoms with Crippen molar-refractivity contribution in [2.24, 2.45) is 0 Å². The van der Waals surface area contributed by atoms with Crippen molar-refractivity contribution < 1.29 is 4.39 Å². The number of rotatable bonds is 3. The number of nitrogens with zero attached hydrogens (tertiary/aromatic N) is 1. The van der Waals surface area contributed by atoms with E-state index in [4.69, 9.17) is 0 Å². The Morgan fingerprint density at radius 1 is 1.24 bits per heavy atom. The summed E-state index contributed by atoms with van der Waals surface area (Å²) >= 11 is 1.66. The summed E-state index contributed by atoms with van der Waals surface area (Å²) < 4.78 is 13.9. The molecule has 1 unspecified atom stereocenters. The molecule has 0 bridgehead atoms. The standard InChI is InChI=1S/C17H25FN2S/c1-12(2)20-9-6-13(7-10-20)19-16-8-11-21-17-14(16)4-3-5-15(17)18/h3-5,12-13,16,19H,6-11H2,1-2H3. The van der Waals surface area contributed by atoms with Crippen LogP contribution in [0.25, 0.3) is 0 Å². The van der Waals surface area contributed by atoms with Crippen LogP contribution in [0.2, 0.25) is 0 Å². The highest BCUT2D eigenvalue weighted by Crippen LogP contribution is 2.38. The van der Waals surface area contributed by atoms with E-state index in [1.54, 1.807) is 17.8 Å². The predicted molar refractivity (Wildman–Crippen MR) is 87.3 cm³/mol. The van der Waals surface area contributed by atoms with Gasteiger partial charge in [-0.2, -0.15) is 0 Å². The highest BCUT2D eigenvalue weighted by Gasteiger charge is 2.27. The number of likely N-dealkylation sites (tertiary alicyclic amines) is 1. The Labute approximate surface area is 131 Å². The fraction of sp³-hybridized carbons (Fsp3) is 0.647. The lowest BCUT2D eigenvalue weighted by Gasteiger charge is -2.37. The van der Waals surface area contributed by atoms with Crippen LogP contribution >= 0.6 is 11.8 Å². The third-order valence-electron chi connectivity index (χ3n) is 4.72. The molecule has 116 valence electrons. The Bertz CT molecular complexity index is 484. The normalized spacial score (nSPS) is 24.3. The minimum Gasteiger partial charge on any atom is -0.307 e. The number of piperidine rings is 1. The molecule has 2 aliphatic heterocycles. The smallest absolute Gasteiger partial charge is 0.137 e. The first-order chi connectivity index (χ1) is 10.1. The van der Waals surface area contributed by atoms with E-state index in [0.29, 0.717) is 18.1 Å². The molecule has 2 heterocycles. The number of hydrogen-bond acceptors (Lipinski definition) is 3. The third kappa shape index (κ3) is 3.43. The SMILES string of the molecule is CC(C)N1CCC(NC2CCSc3c(F)cccc32)CC1. The monoisotopic (exact) mass is 308 g/mol. The molecule has 1 N–H and O–H groups in total. The van der Waals surface area contributed by atoms with Crippen molar-refractivity contribution in [3.8, 4) is 0 Å². The Morgan fingerprint density at radius 2 is 2.00 bits per heavy atom. The first kappa shape index (κ1) is 15.3. The molecule has 4 heteroatoms. The van der Waals surface area contributed by atoms with Gasteiger partial charge in [-0.3, -0.25) is 0 Å². The minimum atomic E-state index is -0.0568. The van der Waals surface area contributed by atoms with E-state index in [2.05, 4.69) is 30.1 Å². The van der Waals surface area contributed by atoms with Crippen LogP contribution in [0.5, 0.6) is 0 Å². The molecular formula is C17H25FN2S. The van der Waals surface area contributed by atoms with E-state index < -0.39 is 0 Å². The second-order valence-electron chi connectivity index (χ2n) is 6.42. The zero-order valence-electron chi connectivity index (χ0n) is 12.9. The van der Waals surface area contributed by atoms with Crippen LogP contribution in [-0.4, -0.2) is 35.8 Å². The van der Waals surface area contributed by atoms with E-state index in [0.717, 1.165) is 22.6 Å². The van der Waals surface area contributed by atoms with Gasteiger partial charge in [-0.05, 0) is 63.6 Å². The van der Waals surface area contributed by atoms with Crippen LogP contribution in [0.15, 0.2) is 23.1 Å². The summed E-state index contributed by atoms with van der Waals surface area (Å²) in [5, 5.41) is 3.79. The number of thioether (sulfide) groups is 1. The lowest BCUT2D eigenvalue weighted by Crippen LogP contribution is -2.46. The lowest BCUT2D eigenvalue weighted by atomic mass is 9.98. The Kier molecular flexibility index (Phi) is 4.87. The molecule has 1 saturated heterocycles. The average molecular weight is 308 g/mol. The molecule has 0 amide bonds. The summed E-state index contributed by atoms with van der Waals surface area (Å²) in [6.07, 6.45) is 3.50. The highest BCUT2D eigenvalue weighted by molar-refractivity contribution is 7.99. The molecule has 2 aliphatic rings. The maximum atomic E-state index is 13.9. The molecule has 1 aromatic carbocycles. The van der Waals surface area contributed by atoms with Crippen molar-refractivity contribution >= 4 is 11.8 Å². The molecule has 2 nitrogen and oxygen atoms in total. The van der Waals surface area contributed by atoms with E-state index in [-0.39, 0.29) is 5.82 Å². The molecule has 0 saturated carbocycles. The molecule has 0 spiro atoms. The van der Waals surface area contributed by atoms with E-state index >= 15 is 0 Å². The topological polar surface area (TPSA) is 15.3 Å². The van der Waals surface area contributed by atoms with E-state index in [9.17, 15) is 4.39 Å². The van der Waals surface area contributed by atoms with Gasteiger partial charge in [0.15, 0.2) is 0 Å². The second-order valence-corrected chi connectivity index (χ2v) is 7.52. The molecular weight excluding hydrogens is 283 g/mol. The van der Waals surface area contributed by atoms with Crippen LogP contribution in [0.4, 0.5) is 4.39 Å². The minimum absolute atomic E-state index is 0.0568. The van der Waals surface area contributed by atoms with Crippen LogP contribution in [0.1, 0.15) is 44.7 Å². The zero-order chi connectivity index (χ0) is 14.8. The van der Waals surface area contributed by atoms with E-state index in [1.165, 1.54) is 25.9 Å². The van der Waals surface area contributed by atoms with Crippen molar-refractivity contribution in [3.05, 3.63) is 29.6 Å². The van der Waals surface area contributed by atoms with Gasteiger partial charge in [0.1, 0.15) is 5.82 Å². The largest absolute Gasteiger partial charge is 0.307 e. The van der Waals surface area contributed by atoms with Crippen molar-refractivity contribution in [3.63, 3.8) is 0 Å². The van der Waals surface area contributed by atoms with Crippen molar-refractivity contribution in [2.75, 3.05) is 18.8 Å². The fourth-order valence-corrected chi connectivity index (χ4v) is 4.57. The van der Waals surface area contributed by atoms with Crippen LogP contribution in [0.3, 0.4) is 0 Å². The lowest BCUT2D eigenvalue weighted by molar-refractivity contribution is 0.155. The predicted octanol–water partition coefficient (Wildman–Crippen LogP) is 3.83. The highest BCUT2D eigenvalue weighted by atomic mass is 32.2. The Hall–Kier alpha value is -0.580.